The summed E-state index contributed by atoms with van der Waals surface area (Å²) in [5, 5.41) is 0. The lowest BCUT2D eigenvalue weighted by Crippen LogP contribution is -1.97. The number of hydrogen-bond donors (Lipinski definition) is 0. The first-order chi connectivity index (χ1) is 7.81. The van der Waals surface area contributed by atoms with E-state index in [1.165, 1.54) is 25.7 Å². The predicted molar refractivity (Wildman–Crippen MR) is 67.1 cm³/mol. The van der Waals surface area contributed by atoms with Gasteiger partial charge in [0.1, 0.15) is 5.78 Å². The van der Waals surface area contributed by atoms with Crippen molar-refractivity contribution in [1.82, 2.24) is 0 Å². The third-order valence-electron chi connectivity index (χ3n) is 2.47. The van der Waals surface area contributed by atoms with Crippen LogP contribution in [0.4, 0.5) is 0 Å². The molecule has 0 aromatic carbocycles. The Morgan fingerprint density at radius 3 is 2.44 bits per heavy atom. The molecule has 0 aliphatic carbocycles. The monoisotopic (exact) mass is 223 g/mol. The van der Waals surface area contributed by atoms with E-state index in [4.69, 9.17) is 0 Å². The molecule has 0 unspecified atom stereocenters. The fraction of sp³-hybridized carbons (Fsp3) is 0.714. The van der Waals surface area contributed by atoms with Crippen LogP contribution in [0.15, 0.2) is 12.2 Å². The predicted octanol–water partition coefficient (Wildman–Crippen LogP) is 3.75. The molecule has 0 atom stereocenters. The Morgan fingerprint density at radius 2 is 1.75 bits per heavy atom. The Labute approximate surface area is 99.1 Å². The van der Waals surface area contributed by atoms with E-state index in [9.17, 15) is 9.59 Å². The van der Waals surface area contributed by atoms with Crippen LogP contribution < -0.4 is 0 Å². The van der Waals surface area contributed by atoms with Gasteiger partial charge in [-0.05, 0) is 25.7 Å². The molecule has 2 heteroatoms. The Hall–Kier alpha value is -0.920. The standard InChI is InChI=1S/C14H23O2/c1-2-3-4-5-6-7-8-9-10-11-14(16)12-13-15/h4-5H,2-3,6-12H2,1H3. The summed E-state index contributed by atoms with van der Waals surface area (Å²) >= 11 is 0. The molecule has 16 heavy (non-hydrogen) atoms. The van der Waals surface area contributed by atoms with Gasteiger partial charge in [0.2, 0.25) is 6.29 Å². The summed E-state index contributed by atoms with van der Waals surface area (Å²) in [6, 6.07) is 0. The molecule has 1 radical (unpaired) electrons. The van der Waals surface area contributed by atoms with Gasteiger partial charge in [-0.15, -0.1) is 0 Å². The summed E-state index contributed by atoms with van der Waals surface area (Å²) in [4.78, 5) is 20.9. The lowest BCUT2D eigenvalue weighted by molar-refractivity contribution is -0.118. The molecular weight excluding hydrogens is 200 g/mol. The summed E-state index contributed by atoms with van der Waals surface area (Å²) in [5.74, 6) is 0.0258. The summed E-state index contributed by atoms with van der Waals surface area (Å²) in [6.07, 6.45) is 14.6. The van der Waals surface area contributed by atoms with E-state index in [1.54, 1.807) is 6.29 Å². The molecule has 0 bridgehead atoms. The maximum absolute atomic E-state index is 11.0. The first-order valence-corrected chi connectivity index (χ1v) is 6.33. The number of hydrogen-bond acceptors (Lipinski definition) is 2. The fourth-order valence-corrected chi connectivity index (χ4v) is 1.51. The van der Waals surface area contributed by atoms with Crippen LogP contribution in [0.3, 0.4) is 0 Å². The van der Waals surface area contributed by atoms with E-state index >= 15 is 0 Å². The number of carbonyl (C=O) groups excluding carboxylic acids is 2. The summed E-state index contributed by atoms with van der Waals surface area (Å²) in [7, 11) is 0. The van der Waals surface area contributed by atoms with Gasteiger partial charge in [0.15, 0.2) is 0 Å². The van der Waals surface area contributed by atoms with Crippen LogP contribution in [0.1, 0.15) is 64.7 Å². The first-order valence-electron chi connectivity index (χ1n) is 6.33. The van der Waals surface area contributed by atoms with Gasteiger partial charge in [-0.2, -0.15) is 0 Å². The van der Waals surface area contributed by atoms with Crippen LogP contribution in [0.2, 0.25) is 0 Å². The molecule has 0 aromatic heterocycles. The minimum Gasteiger partial charge on any atom is -0.299 e. The Balaban J connectivity index is 3.15. The largest absolute Gasteiger partial charge is 0.299 e. The Bertz CT molecular complexity index is 207. The summed E-state index contributed by atoms with van der Waals surface area (Å²) < 4.78 is 0. The molecule has 0 amide bonds. The van der Waals surface area contributed by atoms with Crippen LogP contribution in [-0.2, 0) is 9.59 Å². The topological polar surface area (TPSA) is 34.1 Å². The lowest BCUT2D eigenvalue weighted by atomic mass is 10.1. The highest BCUT2D eigenvalue weighted by Gasteiger charge is 2.00. The van der Waals surface area contributed by atoms with E-state index in [1.807, 2.05) is 0 Å². The van der Waals surface area contributed by atoms with Gasteiger partial charge in [0.25, 0.3) is 0 Å². The molecule has 0 heterocycles. The molecule has 0 fully saturated rings. The van der Waals surface area contributed by atoms with Crippen LogP contribution in [-0.4, -0.2) is 12.1 Å². The van der Waals surface area contributed by atoms with Crippen molar-refractivity contribution < 1.29 is 9.59 Å². The maximum atomic E-state index is 11.0. The van der Waals surface area contributed by atoms with Gasteiger partial charge >= 0.3 is 0 Å². The highest BCUT2D eigenvalue weighted by molar-refractivity contribution is 5.89. The molecule has 2 nitrogen and oxygen atoms in total. The number of ketones is 1. The molecule has 0 spiro atoms. The minimum absolute atomic E-state index is 0.0258. The Kier molecular flexibility index (Phi) is 11.5. The molecule has 0 aliphatic heterocycles. The quantitative estimate of drug-likeness (QED) is 0.304. The summed E-state index contributed by atoms with van der Waals surface area (Å²) in [5.41, 5.74) is 0. The van der Waals surface area contributed by atoms with E-state index in [0.717, 1.165) is 19.3 Å². The second kappa shape index (κ2) is 12.2. The number of allylic oxidation sites excluding steroid dienone is 2. The van der Waals surface area contributed by atoms with Gasteiger partial charge in [0.05, 0.1) is 6.42 Å². The lowest BCUT2D eigenvalue weighted by Gasteiger charge is -1.98. The fourth-order valence-electron chi connectivity index (χ4n) is 1.51. The highest BCUT2D eigenvalue weighted by Crippen LogP contribution is 2.07. The average Bonchev–Trinajstić information content (AvgIpc) is 2.27. The number of unbranched alkanes of at least 4 members (excludes halogenated alkanes) is 5. The molecule has 91 valence electrons. The van der Waals surface area contributed by atoms with Crippen LogP contribution in [0.25, 0.3) is 0 Å². The van der Waals surface area contributed by atoms with Crippen molar-refractivity contribution in [3.05, 3.63) is 12.2 Å². The van der Waals surface area contributed by atoms with Crippen molar-refractivity contribution in [3.63, 3.8) is 0 Å². The van der Waals surface area contributed by atoms with E-state index in [-0.39, 0.29) is 12.2 Å². The minimum atomic E-state index is -0.0280. The second-order valence-corrected chi connectivity index (χ2v) is 4.07. The number of rotatable bonds is 11. The molecule has 0 saturated heterocycles. The zero-order valence-electron chi connectivity index (χ0n) is 10.3. The van der Waals surface area contributed by atoms with Gasteiger partial charge in [-0.25, -0.2) is 0 Å². The normalized spacial score (nSPS) is 10.8. The maximum Gasteiger partial charge on any atom is 0.206 e. The average molecular weight is 223 g/mol. The number of Topliss-reactive ketones (excluding diaryl/α,β-unsaturated/α-hetero) is 1. The molecule has 0 aliphatic rings. The molecule has 0 aromatic rings. The van der Waals surface area contributed by atoms with Crippen molar-refractivity contribution in [2.24, 2.45) is 0 Å². The van der Waals surface area contributed by atoms with Crippen molar-refractivity contribution in [2.45, 2.75) is 64.7 Å². The van der Waals surface area contributed by atoms with Crippen molar-refractivity contribution in [1.29, 1.82) is 0 Å². The van der Waals surface area contributed by atoms with E-state index in [0.29, 0.717) is 6.42 Å². The van der Waals surface area contributed by atoms with E-state index in [2.05, 4.69) is 19.1 Å². The van der Waals surface area contributed by atoms with Gasteiger partial charge in [0, 0.05) is 6.42 Å². The van der Waals surface area contributed by atoms with Crippen molar-refractivity contribution >= 4 is 12.1 Å². The van der Waals surface area contributed by atoms with Crippen LogP contribution in [0.5, 0.6) is 0 Å². The third kappa shape index (κ3) is 11.2. The van der Waals surface area contributed by atoms with Crippen molar-refractivity contribution in [3.8, 4) is 0 Å². The van der Waals surface area contributed by atoms with Gasteiger partial charge in [-0.1, -0.05) is 38.3 Å². The number of carbonyl (C=O) groups is 1. The molecular formula is C14H23O2. The third-order valence-corrected chi connectivity index (χ3v) is 2.47. The molecule has 0 N–H and O–H groups in total. The van der Waals surface area contributed by atoms with Gasteiger partial charge in [-0.3, -0.25) is 9.59 Å². The van der Waals surface area contributed by atoms with Crippen molar-refractivity contribution in [2.75, 3.05) is 0 Å². The highest BCUT2D eigenvalue weighted by atomic mass is 16.1. The summed E-state index contributed by atoms with van der Waals surface area (Å²) in [6.45, 7) is 2.18. The zero-order valence-corrected chi connectivity index (χ0v) is 10.3. The van der Waals surface area contributed by atoms with Gasteiger partial charge < -0.3 is 0 Å². The van der Waals surface area contributed by atoms with Crippen LogP contribution >= 0.6 is 0 Å². The Morgan fingerprint density at radius 1 is 1.06 bits per heavy atom. The molecule has 0 rings (SSSR count). The SMILES string of the molecule is CCCC=CCCCCCCC(=O)C[C]=O. The zero-order chi connectivity index (χ0) is 12.1. The van der Waals surface area contributed by atoms with Crippen LogP contribution in [0, 0.1) is 0 Å². The smallest absolute Gasteiger partial charge is 0.206 e. The van der Waals surface area contributed by atoms with E-state index < -0.39 is 0 Å². The molecule has 0 saturated carbocycles. The second-order valence-electron chi connectivity index (χ2n) is 4.07. The first kappa shape index (κ1) is 15.1.